The molecule has 0 radical (unpaired) electrons. The van der Waals surface area contributed by atoms with Crippen molar-refractivity contribution in [1.82, 2.24) is 0 Å². The third-order valence-electron chi connectivity index (χ3n) is 3.57. The van der Waals surface area contributed by atoms with Crippen LogP contribution >= 0.6 is 15.9 Å². The number of allylic oxidation sites excluding steroid dienone is 2. The number of oxime groups is 1. The fourth-order valence-electron chi connectivity index (χ4n) is 2.65. The number of hydrogen-bond donors (Lipinski definition) is 1. The predicted molar refractivity (Wildman–Crippen MR) is 88.1 cm³/mol. The highest BCUT2D eigenvalue weighted by molar-refractivity contribution is 9.10. The van der Waals surface area contributed by atoms with Crippen molar-refractivity contribution in [2.75, 3.05) is 14.2 Å². The summed E-state index contributed by atoms with van der Waals surface area (Å²) in [6.07, 6.45) is 0.735. The molecule has 2 rings (SSSR count). The smallest absolute Gasteiger partial charge is 0.167 e. The van der Waals surface area contributed by atoms with Crippen LogP contribution in [0.4, 0.5) is 0 Å². The Kier molecular flexibility index (Phi) is 5.24. The Labute approximate surface area is 137 Å². The first-order valence-corrected chi connectivity index (χ1v) is 7.64. The maximum absolute atomic E-state index is 12.4. The van der Waals surface area contributed by atoms with Gasteiger partial charge in [-0.3, -0.25) is 4.79 Å². The van der Waals surface area contributed by atoms with Crippen molar-refractivity contribution in [3.05, 3.63) is 34.0 Å². The number of ketones is 1. The second-order valence-corrected chi connectivity index (χ2v) is 6.06. The van der Waals surface area contributed by atoms with E-state index in [1.165, 1.54) is 14.2 Å². The summed E-state index contributed by atoms with van der Waals surface area (Å²) in [5.74, 6) is 0.280. The van der Waals surface area contributed by atoms with Crippen LogP contribution in [-0.4, -0.2) is 30.8 Å². The van der Waals surface area contributed by atoms with E-state index in [4.69, 9.17) is 9.57 Å². The topological polar surface area (TPSA) is 68.1 Å². The van der Waals surface area contributed by atoms with Crippen LogP contribution in [0.15, 0.2) is 33.6 Å². The van der Waals surface area contributed by atoms with Crippen LogP contribution in [0.5, 0.6) is 5.75 Å². The van der Waals surface area contributed by atoms with E-state index in [0.29, 0.717) is 23.3 Å². The van der Waals surface area contributed by atoms with Crippen LogP contribution < -0.4 is 4.74 Å². The zero-order valence-corrected chi connectivity index (χ0v) is 14.3. The number of rotatable bonds is 5. The van der Waals surface area contributed by atoms with Gasteiger partial charge in [0.25, 0.3) is 0 Å². The zero-order valence-electron chi connectivity index (χ0n) is 12.7. The van der Waals surface area contributed by atoms with Crippen molar-refractivity contribution in [2.24, 2.45) is 11.1 Å². The monoisotopic (exact) mass is 367 g/mol. The van der Waals surface area contributed by atoms with Gasteiger partial charge in [0.1, 0.15) is 18.6 Å². The summed E-state index contributed by atoms with van der Waals surface area (Å²) in [7, 11) is 3.01. The van der Waals surface area contributed by atoms with Crippen molar-refractivity contribution in [3.63, 3.8) is 0 Å². The summed E-state index contributed by atoms with van der Waals surface area (Å²) in [6, 6.07) is 5.37. The van der Waals surface area contributed by atoms with Gasteiger partial charge in [-0.05, 0) is 31.5 Å². The molecule has 1 aliphatic carbocycles. The number of hydrogen-bond acceptors (Lipinski definition) is 5. The Balaban J connectivity index is 2.41. The SMILES string of the molecule is CON=C(C)CC1CC(=O)C(c2cc(Br)ccc2OC)=C1O. The summed E-state index contributed by atoms with van der Waals surface area (Å²) >= 11 is 3.38. The molecule has 0 amide bonds. The molecule has 0 aromatic heterocycles. The third kappa shape index (κ3) is 3.32. The number of aliphatic hydroxyl groups excluding tert-OH is 1. The predicted octanol–water partition coefficient (Wildman–Crippen LogP) is 3.73. The Morgan fingerprint density at radius 1 is 1.45 bits per heavy atom. The highest BCUT2D eigenvalue weighted by Crippen LogP contribution is 2.40. The maximum atomic E-state index is 12.4. The van der Waals surface area contributed by atoms with Gasteiger partial charge < -0.3 is 14.7 Å². The minimum atomic E-state index is -0.273. The second kappa shape index (κ2) is 6.96. The van der Waals surface area contributed by atoms with Gasteiger partial charge in [0.05, 0.1) is 18.4 Å². The molecule has 5 nitrogen and oxygen atoms in total. The van der Waals surface area contributed by atoms with E-state index in [-0.39, 0.29) is 23.9 Å². The van der Waals surface area contributed by atoms with Gasteiger partial charge in [0, 0.05) is 22.4 Å². The Morgan fingerprint density at radius 2 is 2.18 bits per heavy atom. The van der Waals surface area contributed by atoms with E-state index in [0.717, 1.165) is 10.2 Å². The first-order valence-electron chi connectivity index (χ1n) is 6.84. The van der Waals surface area contributed by atoms with Crippen LogP contribution in [0.1, 0.15) is 25.3 Å². The summed E-state index contributed by atoms with van der Waals surface area (Å²) in [4.78, 5) is 17.1. The van der Waals surface area contributed by atoms with Crippen molar-refractivity contribution >= 4 is 33.0 Å². The lowest BCUT2D eigenvalue weighted by Gasteiger charge is -2.11. The normalized spacial score (nSPS) is 18.8. The molecule has 0 spiro atoms. The van der Waals surface area contributed by atoms with Crippen LogP contribution in [0, 0.1) is 5.92 Å². The average molecular weight is 368 g/mol. The van der Waals surface area contributed by atoms with E-state index in [9.17, 15) is 9.90 Å². The van der Waals surface area contributed by atoms with E-state index in [2.05, 4.69) is 21.1 Å². The number of carbonyl (C=O) groups is 1. The van der Waals surface area contributed by atoms with Crippen LogP contribution in [0.25, 0.3) is 5.57 Å². The number of carbonyl (C=O) groups excluding carboxylic acids is 1. The number of benzene rings is 1. The Bertz CT molecular complexity index is 652. The Morgan fingerprint density at radius 3 is 2.82 bits per heavy atom. The van der Waals surface area contributed by atoms with Crippen molar-refractivity contribution in [2.45, 2.75) is 19.8 Å². The van der Waals surface area contributed by atoms with Gasteiger partial charge in [0.2, 0.25) is 0 Å². The molecule has 1 aromatic carbocycles. The van der Waals surface area contributed by atoms with Gasteiger partial charge >= 0.3 is 0 Å². The summed E-state index contributed by atoms with van der Waals surface area (Å²) in [6.45, 7) is 1.80. The number of ether oxygens (including phenoxy) is 1. The van der Waals surface area contributed by atoms with E-state index in [1.54, 1.807) is 19.1 Å². The molecule has 0 fully saturated rings. The molecule has 0 heterocycles. The number of aliphatic hydroxyl groups is 1. The van der Waals surface area contributed by atoms with Crippen molar-refractivity contribution in [1.29, 1.82) is 0 Å². The lowest BCUT2D eigenvalue weighted by atomic mass is 10.0. The molecule has 0 aliphatic heterocycles. The highest BCUT2D eigenvalue weighted by atomic mass is 79.9. The lowest BCUT2D eigenvalue weighted by molar-refractivity contribution is -0.113. The van der Waals surface area contributed by atoms with Crippen LogP contribution in [0.3, 0.4) is 0 Å². The third-order valence-corrected chi connectivity index (χ3v) is 4.07. The fourth-order valence-corrected chi connectivity index (χ4v) is 3.01. The molecule has 1 N–H and O–H groups in total. The van der Waals surface area contributed by atoms with E-state index in [1.807, 2.05) is 6.07 Å². The van der Waals surface area contributed by atoms with Crippen molar-refractivity contribution < 1.29 is 19.5 Å². The summed E-state index contributed by atoms with van der Waals surface area (Å²) in [5, 5.41) is 14.3. The maximum Gasteiger partial charge on any atom is 0.167 e. The molecule has 6 heteroatoms. The van der Waals surface area contributed by atoms with E-state index < -0.39 is 0 Å². The molecule has 1 aliphatic rings. The first-order chi connectivity index (χ1) is 10.5. The molecular weight excluding hydrogens is 350 g/mol. The average Bonchev–Trinajstić information content (AvgIpc) is 2.73. The Hall–Kier alpha value is -1.82. The van der Waals surface area contributed by atoms with Gasteiger partial charge in [0.15, 0.2) is 5.78 Å². The van der Waals surface area contributed by atoms with Gasteiger partial charge in [-0.1, -0.05) is 21.1 Å². The number of methoxy groups -OCH3 is 1. The highest BCUT2D eigenvalue weighted by Gasteiger charge is 2.34. The molecule has 1 unspecified atom stereocenters. The molecule has 22 heavy (non-hydrogen) atoms. The van der Waals surface area contributed by atoms with Gasteiger partial charge in [-0.25, -0.2) is 0 Å². The van der Waals surface area contributed by atoms with Gasteiger partial charge in [-0.2, -0.15) is 0 Å². The zero-order chi connectivity index (χ0) is 16.3. The number of nitrogens with zero attached hydrogens (tertiary/aromatic N) is 1. The minimum Gasteiger partial charge on any atom is -0.511 e. The van der Waals surface area contributed by atoms with Gasteiger partial charge in [-0.15, -0.1) is 0 Å². The van der Waals surface area contributed by atoms with Crippen molar-refractivity contribution in [3.8, 4) is 5.75 Å². The molecule has 1 atom stereocenters. The molecular formula is C16H18BrNO4. The van der Waals surface area contributed by atoms with Crippen LogP contribution in [0.2, 0.25) is 0 Å². The first kappa shape index (κ1) is 16.5. The standard InChI is InChI=1S/C16H18BrNO4/c1-9(18-22-3)6-10-7-13(19)15(16(10)20)12-8-11(17)4-5-14(12)21-2/h4-5,8,10,20H,6-7H2,1-3H3. The van der Waals surface area contributed by atoms with Crippen LogP contribution in [-0.2, 0) is 9.63 Å². The number of halogens is 1. The largest absolute Gasteiger partial charge is 0.511 e. The lowest BCUT2D eigenvalue weighted by Crippen LogP contribution is -2.06. The fraction of sp³-hybridized carbons (Fsp3) is 0.375. The number of Topliss-reactive ketones (excluding diaryl/α,β-unsaturated/α-hetero) is 1. The quantitative estimate of drug-likeness (QED) is 0.635. The summed E-state index contributed by atoms with van der Waals surface area (Å²) < 4.78 is 6.12. The molecule has 0 saturated carbocycles. The molecule has 0 bridgehead atoms. The minimum absolute atomic E-state index is 0.0899. The molecule has 118 valence electrons. The molecule has 1 aromatic rings. The second-order valence-electron chi connectivity index (χ2n) is 5.14. The van der Waals surface area contributed by atoms with E-state index >= 15 is 0 Å². The molecule has 0 saturated heterocycles. The summed E-state index contributed by atoms with van der Waals surface area (Å²) in [5.41, 5.74) is 1.66.